The van der Waals surface area contributed by atoms with Gasteiger partial charge in [-0.2, -0.15) is 0 Å². The second kappa shape index (κ2) is 9.85. The van der Waals surface area contributed by atoms with E-state index in [9.17, 15) is 0 Å². The smallest absolute Gasteiger partial charge is 0.108 e. The molecule has 0 bridgehead atoms. The number of fused-ring (bicyclic) bond motifs is 1. The number of hydrogen-bond acceptors (Lipinski definition) is 2. The molecular formula is C37H35NO. The van der Waals surface area contributed by atoms with Gasteiger partial charge in [0.2, 0.25) is 0 Å². The van der Waals surface area contributed by atoms with Crippen molar-refractivity contribution in [1.29, 1.82) is 0 Å². The molecule has 1 aliphatic rings. The van der Waals surface area contributed by atoms with Gasteiger partial charge in [-0.05, 0) is 58.7 Å². The molecule has 3 aromatic carbocycles. The van der Waals surface area contributed by atoms with Crippen LogP contribution in [0.25, 0.3) is 16.7 Å². The van der Waals surface area contributed by atoms with Crippen molar-refractivity contribution < 1.29 is 4.42 Å². The molecule has 2 aromatic heterocycles. The van der Waals surface area contributed by atoms with E-state index in [1.54, 1.807) is 0 Å². The van der Waals surface area contributed by atoms with Gasteiger partial charge in [0.1, 0.15) is 5.76 Å². The fraction of sp³-hybridized carbons (Fsp3) is 0.216. The Bertz CT molecular complexity index is 1580. The molecule has 2 heterocycles. The van der Waals surface area contributed by atoms with Gasteiger partial charge in [0.25, 0.3) is 0 Å². The number of hydrogen-bond donors (Lipinski definition) is 0. The normalized spacial score (nSPS) is 14.9. The second-order valence-corrected chi connectivity index (χ2v) is 11.7. The fourth-order valence-corrected chi connectivity index (χ4v) is 6.04. The molecule has 0 radical (unpaired) electrons. The minimum absolute atomic E-state index is 0.113. The van der Waals surface area contributed by atoms with Crippen LogP contribution in [0.1, 0.15) is 77.4 Å². The molecule has 1 atom stereocenters. The quantitative estimate of drug-likeness (QED) is 0.236. The van der Waals surface area contributed by atoms with Gasteiger partial charge in [-0.3, -0.25) is 4.98 Å². The molecule has 2 nitrogen and oxygen atoms in total. The number of rotatable bonds is 5. The van der Waals surface area contributed by atoms with Crippen LogP contribution in [0.2, 0.25) is 0 Å². The highest BCUT2D eigenvalue weighted by Gasteiger charge is 2.34. The Morgan fingerprint density at radius 2 is 1.38 bits per heavy atom. The summed E-state index contributed by atoms with van der Waals surface area (Å²) in [4.78, 5) is 5.14. The van der Waals surface area contributed by atoms with Crippen molar-refractivity contribution in [3.05, 3.63) is 154 Å². The first kappa shape index (κ1) is 25.1. The summed E-state index contributed by atoms with van der Waals surface area (Å²) in [5.41, 5.74) is 12.2. The summed E-state index contributed by atoms with van der Waals surface area (Å²) in [5.74, 6) is 1.24. The van der Waals surface area contributed by atoms with E-state index < -0.39 is 0 Å². The third-order valence-electron chi connectivity index (χ3n) is 8.06. The molecule has 39 heavy (non-hydrogen) atoms. The Labute approximate surface area is 232 Å². The minimum atomic E-state index is 0.113. The van der Waals surface area contributed by atoms with Crippen LogP contribution in [0.15, 0.2) is 114 Å². The first-order valence-corrected chi connectivity index (χ1v) is 13.8. The lowest BCUT2D eigenvalue weighted by Crippen LogP contribution is -2.10. The van der Waals surface area contributed by atoms with Crippen molar-refractivity contribution in [3.8, 4) is 11.1 Å². The molecule has 1 aliphatic carbocycles. The molecule has 0 spiro atoms. The maximum Gasteiger partial charge on any atom is 0.108 e. The van der Waals surface area contributed by atoms with Gasteiger partial charge < -0.3 is 4.42 Å². The zero-order valence-corrected chi connectivity index (χ0v) is 23.4. The van der Waals surface area contributed by atoms with Crippen molar-refractivity contribution >= 4 is 5.57 Å². The van der Waals surface area contributed by atoms with Crippen molar-refractivity contribution in [2.24, 2.45) is 0 Å². The summed E-state index contributed by atoms with van der Waals surface area (Å²) in [7, 11) is 0. The van der Waals surface area contributed by atoms with Gasteiger partial charge in [-0.1, -0.05) is 112 Å². The third-order valence-corrected chi connectivity index (χ3v) is 8.06. The molecule has 1 unspecified atom stereocenters. The average molecular weight is 510 g/mol. The first-order chi connectivity index (χ1) is 18.8. The lowest BCUT2D eigenvalue weighted by molar-refractivity contribution is 0.534. The van der Waals surface area contributed by atoms with E-state index in [4.69, 9.17) is 9.40 Å². The molecule has 194 valence electrons. The van der Waals surface area contributed by atoms with Crippen LogP contribution in [0, 0.1) is 13.8 Å². The Hall–Kier alpha value is -4.17. The van der Waals surface area contributed by atoms with E-state index in [2.05, 4.69) is 125 Å². The van der Waals surface area contributed by atoms with Crippen LogP contribution in [-0.2, 0) is 5.41 Å². The Morgan fingerprint density at radius 3 is 1.92 bits per heavy atom. The van der Waals surface area contributed by atoms with Gasteiger partial charge in [0, 0.05) is 34.7 Å². The minimum Gasteiger partial charge on any atom is -0.469 e. The second-order valence-electron chi connectivity index (χ2n) is 11.7. The predicted octanol–water partition coefficient (Wildman–Crippen LogP) is 9.62. The van der Waals surface area contributed by atoms with Crippen LogP contribution in [0.4, 0.5) is 0 Å². The number of furan rings is 1. The molecule has 0 fully saturated rings. The molecule has 5 aromatic rings. The molecule has 0 saturated heterocycles. The number of aromatic nitrogens is 1. The largest absolute Gasteiger partial charge is 0.469 e. The van der Waals surface area contributed by atoms with Gasteiger partial charge in [-0.25, -0.2) is 0 Å². The summed E-state index contributed by atoms with van der Waals surface area (Å²) in [5, 5.41) is 0. The lowest BCUT2D eigenvalue weighted by Gasteiger charge is -2.25. The summed E-state index contributed by atoms with van der Waals surface area (Å²) in [6.45, 7) is 10.9. The van der Waals surface area contributed by atoms with Crippen molar-refractivity contribution in [2.75, 3.05) is 0 Å². The Morgan fingerprint density at radius 1 is 0.769 bits per heavy atom. The fourth-order valence-electron chi connectivity index (χ4n) is 6.04. The molecule has 2 heteroatoms. The molecule has 0 amide bonds. The molecule has 0 saturated carbocycles. The summed E-state index contributed by atoms with van der Waals surface area (Å²) < 4.78 is 5.77. The Balaban J connectivity index is 1.55. The van der Waals surface area contributed by atoms with E-state index in [-0.39, 0.29) is 17.3 Å². The number of aryl methyl sites for hydroxylation is 2. The van der Waals surface area contributed by atoms with Crippen LogP contribution in [0.3, 0.4) is 0 Å². The zero-order chi connectivity index (χ0) is 27.1. The maximum absolute atomic E-state index is 5.77. The van der Waals surface area contributed by atoms with Crippen LogP contribution in [-0.4, -0.2) is 4.98 Å². The highest BCUT2D eigenvalue weighted by atomic mass is 16.3. The predicted molar refractivity (Wildman–Crippen MR) is 161 cm³/mol. The van der Waals surface area contributed by atoms with Gasteiger partial charge in [-0.15, -0.1) is 0 Å². The Kier molecular flexibility index (Phi) is 6.35. The molecule has 0 N–H and O–H groups in total. The van der Waals surface area contributed by atoms with Crippen molar-refractivity contribution in [2.45, 2.75) is 51.9 Å². The third kappa shape index (κ3) is 4.65. The SMILES string of the molecule is Cc1coc(C)c1-c1cnc2c(c1)C(C(c1ccccc1)c1ccccc1)C=C2c1ccc(C(C)(C)C)cc1. The summed E-state index contributed by atoms with van der Waals surface area (Å²) in [6.07, 6.45) is 6.31. The van der Waals surface area contributed by atoms with E-state index in [1.165, 1.54) is 33.4 Å². The highest BCUT2D eigenvalue weighted by Crippen LogP contribution is 2.49. The van der Waals surface area contributed by atoms with Crippen LogP contribution >= 0.6 is 0 Å². The molecule has 0 aliphatic heterocycles. The number of benzene rings is 3. The van der Waals surface area contributed by atoms with Gasteiger partial charge in [0.15, 0.2) is 0 Å². The van der Waals surface area contributed by atoms with Gasteiger partial charge >= 0.3 is 0 Å². The van der Waals surface area contributed by atoms with E-state index in [1.807, 2.05) is 19.4 Å². The number of allylic oxidation sites excluding steroid dienone is 1. The van der Waals surface area contributed by atoms with E-state index >= 15 is 0 Å². The zero-order valence-electron chi connectivity index (χ0n) is 23.4. The van der Waals surface area contributed by atoms with E-state index in [0.29, 0.717) is 0 Å². The van der Waals surface area contributed by atoms with Crippen LogP contribution < -0.4 is 0 Å². The first-order valence-electron chi connectivity index (χ1n) is 13.8. The summed E-state index contributed by atoms with van der Waals surface area (Å²) >= 11 is 0. The molecule has 6 rings (SSSR count). The molecular weight excluding hydrogens is 474 g/mol. The van der Waals surface area contributed by atoms with Crippen LogP contribution in [0.5, 0.6) is 0 Å². The maximum atomic E-state index is 5.77. The van der Waals surface area contributed by atoms with E-state index in [0.717, 1.165) is 28.1 Å². The monoisotopic (exact) mass is 509 g/mol. The van der Waals surface area contributed by atoms with Crippen molar-refractivity contribution in [1.82, 2.24) is 4.98 Å². The number of pyridine rings is 1. The highest BCUT2D eigenvalue weighted by molar-refractivity contribution is 5.86. The average Bonchev–Trinajstić information content (AvgIpc) is 3.48. The number of nitrogens with zero attached hydrogens (tertiary/aromatic N) is 1. The lowest BCUT2D eigenvalue weighted by atomic mass is 9.78. The van der Waals surface area contributed by atoms with Gasteiger partial charge in [0.05, 0.1) is 12.0 Å². The van der Waals surface area contributed by atoms with Crippen molar-refractivity contribution in [3.63, 3.8) is 0 Å². The standard InChI is InChI=1S/C37H35NO/c1-24-23-39-25(2)34(24)29-20-33-32(35(27-12-8-6-9-13-27)28-14-10-7-11-15-28)21-31(36(33)38-22-29)26-16-18-30(19-17-26)37(3,4)5/h6-23,32,35H,1-5H3. The topological polar surface area (TPSA) is 26.0 Å². The summed E-state index contributed by atoms with van der Waals surface area (Å²) in [6, 6.07) is 33.2.